The summed E-state index contributed by atoms with van der Waals surface area (Å²) in [6.07, 6.45) is 5.11. The van der Waals surface area contributed by atoms with Crippen molar-refractivity contribution in [3.8, 4) is 22.6 Å². The van der Waals surface area contributed by atoms with Crippen molar-refractivity contribution in [3.05, 3.63) is 42.5 Å². The molecule has 5 heteroatoms. The van der Waals surface area contributed by atoms with Crippen molar-refractivity contribution in [2.24, 2.45) is 0 Å². The molecule has 4 rings (SSSR count). The maximum Gasteiger partial charge on any atom is 0.303 e. The van der Waals surface area contributed by atoms with E-state index in [1.807, 2.05) is 12.1 Å². The Hall–Kier alpha value is -2.14. The minimum absolute atomic E-state index is 0.223. The fourth-order valence-electron chi connectivity index (χ4n) is 3.60. The van der Waals surface area contributed by atoms with Crippen LogP contribution in [0.15, 0.2) is 47.4 Å². The molecule has 0 atom stereocenters. The predicted molar refractivity (Wildman–Crippen MR) is 102 cm³/mol. The van der Waals surface area contributed by atoms with Gasteiger partial charge in [-0.3, -0.25) is 4.79 Å². The van der Waals surface area contributed by atoms with Crippen molar-refractivity contribution in [3.63, 3.8) is 0 Å². The molecule has 1 fully saturated rings. The quantitative estimate of drug-likeness (QED) is 0.548. The summed E-state index contributed by atoms with van der Waals surface area (Å²) in [7, 11) is 0. The smallest absolute Gasteiger partial charge is 0.303 e. The van der Waals surface area contributed by atoms with Crippen molar-refractivity contribution in [1.29, 1.82) is 0 Å². The van der Waals surface area contributed by atoms with Gasteiger partial charge in [0, 0.05) is 29.7 Å². The number of rotatable bonds is 6. The summed E-state index contributed by atoms with van der Waals surface area (Å²) in [6, 6.07) is 14.4. The van der Waals surface area contributed by atoms with Gasteiger partial charge in [-0.2, -0.15) is 0 Å². The number of hydrogen-bond acceptors (Lipinski definition) is 4. The van der Waals surface area contributed by atoms with E-state index in [1.54, 1.807) is 11.8 Å². The van der Waals surface area contributed by atoms with Crippen LogP contribution in [0.5, 0.6) is 11.5 Å². The molecule has 0 radical (unpaired) electrons. The van der Waals surface area contributed by atoms with Crippen LogP contribution < -0.4 is 9.47 Å². The first-order valence-electron chi connectivity index (χ1n) is 9.11. The number of fused-ring (bicyclic) bond motifs is 1. The third-order valence-corrected chi connectivity index (χ3v) is 6.00. The molecule has 0 bridgehead atoms. The summed E-state index contributed by atoms with van der Waals surface area (Å²) in [6.45, 7) is 0. The fourth-order valence-corrected chi connectivity index (χ4v) is 4.45. The fraction of sp³-hybridized carbons (Fsp3) is 0.381. The molecule has 1 saturated carbocycles. The van der Waals surface area contributed by atoms with Gasteiger partial charge in [0.1, 0.15) is 0 Å². The third-order valence-electron chi connectivity index (χ3n) is 4.90. The number of ether oxygens (including phenoxy) is 2. The molecule has 136 valence electrons. The van der Waals surface area contributed by atoms with Gasteiger partial charge in [-0.05, 0) is 48.8 Å². The Morgan fingerprint density at radius 3 is 2.58 bits per heavy atom. The molecule has 0 unspecified atom stereocenters. The number of benzene rings is 2. The van der Waals surface area contributed by atoms with Crippen LogP contribution >= 0.6 is 11.8 Å². The Labute approximate surface area is 157 Å². The molecule has 1 heterocycles. The highest BCUT2D eigenvalue weighted by Crippen LogP contribution is 2.50. The van der Waals surface area contributed by atoms with Crippen LogP contribution in [0.3, 0.4) is 0 Å². The average molecular weight is 370 g/mol. The van der Waals surface area contributed by atoms with Crippen LogP contribution in [0.2, 0.25) is 0 Å². The molecule has 2 aromatic rings. The number of carbonyl (C=O) groups is 1. The van der Waals surface area contributed by atoms with Gasteiger partial charge in [0.25, 0.3) is 5.79 Å². The van der Waals surface area contributed by atoms with Crippen molar-refractivity contribution < 1.29 is 19.4 Å². The highest BCUT2D eigenvalue weighted by Gasteiger charge is 2.44. The molecular weight excluding hydrogens is 348 g/mol. The lowest BCUT2D eigenvalue weighted by Gasteiger charge is -2.21. The summed E-state index contributed by atoms with van der Waals surface area (Å²) >= 11 is 1.69. The molecule has 0 saturated heterocycles. The van der Waals surface area contributed by atoms with Crippen LogP contribution in [-0.2, 0) is 4.79 Å². The zero-order valence-corrected chi connectivity index (χ0v) is 15.4. The molecule has 26 heavy (non-hydrogen) atoms. The first-order valence-corrected chi connectivity index (χ1v) is 10.1. The van der Waals surface area contributed by atoms with Gasteiger partial charge in [0.15, 0.2) is 11.5 Å². The molecule has 1 aliphatic carbocycles. The van der Waals surface area contributed by atoms with Crippen molar-refractivity contribution in [1.82, 2.24) is 0 Å². The lowest BCUT2D eigenvalue weighted by molar-refractivity contribution is -0.137. The molecule has 2 aliphatic rings. The van der Waals surface area contributed by atoms with E-state index < -0.39 is 11.8 Å². The van der Waals surface area contributed by atoms with Gasteiger partial charge >= 0.3 is 5.97 Å². The lowest BCUT2D eigenvalue weighted by Crippen LogP contribution is -2.34. The standard InChI is InChI=1S/C21H22O4S/c22-19(23)7-4-14-26-16-10-8-15(9-11-16)17-5-3-6-18-20(17)25-21(24-18)12-1-2-13-21/h3,5-6,8-11H,1-2,4,7,12-14H2,(H,22,23). The number of para-hydroxylation sites is 1. The molecule has 1 aliphatic heterocycles. The topological polar surface area (TPSA) is 55.8 Å². The van der Waals surface area contributed by atoms with E-state index in [2.05, 4.69) is 30.3 Å². The second-order valence-corrected chi connectivity index (χ2v) is 7.99. The van der Waals surface area contributed by atoms with E-state index in [-0.39, 0.29) is 6.42 Å². The minimum Gasteiger partial charge on any atom is -0.481 e. The molecule has 1 N–H and O–H groups in total. The van der Waals surface area contributed by atoms with Gasteiger partial charge in [-0.15, -0.1) is 11.8 Å². The molecular formula is C21H22O4S. The number of thioether (sulfide) groups is 1. The summed E-state index contributed by atoms with van der Waals surface area (Å²) in [5, 5.41) is 8.70. The summed E-state index contributed by atoms with van der Waals surface area (Å²) in [5.41, 5.74) is 2.17. The number of carboxylic acid groups (broad SMARTS) is 1. The number of carboxylic acids is 1. The number of aliphatic carboxylic acids is 1. The molecule has 0 amide bonds. The Bertz CT molecular complexity index is 794. The summed E-state index contributed by atoms with van der Waals surface area (Å²) in [5.74, 6) is 1.33. The van der Waals surface area contributed by atoms with E-state index in [0.29, 0.717) is 6.42 Å². The van der Waals surface area contributed by atoms with Crippen molar-refractivity contribution >= 4 is 17.7 Å². The summed E-state index contributed by atoms with van der Waals surface area (Å²) in [4.78, 5) is 11.7. The number of hydrogen-bond donors (Lipinski definition) is 1. The van der Waals surface area contributed by atoms with Crippen LogP contribution in [0, 0.1) is 0 Å². The highest BCUT2D eigenvalue weighted by atomic mass is 32.2. The molecule has 2 aromatic carbocycles. The normalized spacial score (nSPS) is 16.9. The first kappa shape index (κ1) is 17.3. The zero-order chi connectivity index (χ0) is 18.0. The van der Waals surface area contributed by atoms with Crippen LogP contribution in [0.1, 0.15) is 38.5 Å². The van der Waals surface area contributed by atoms with Crippen LogP contribution in [0.4, 0.5) is 0 Å². The van der Waals surface area contributed by atoms with Crippen LogP contribution in [-0.4, -0.2) is 22.6 Å². The molecule has 1 spiro atoms. The highest BCUT2D eigenvalue weighted by molar-refractivity contribution is 7.99. The van der Waals surface area contributed by atoms with Crippen LogP contribution in [0.25, 0.3) is 11.1 Å². The Morgan fingerprint density at radius 2 is 1.85 bits per heavy atom. The van der Waals surface area contributed by atoms with Gasteiger partial charge in [0.2, 0.25) is 0 Å². The predicted octanol–water partition coefficient (Wildman–Crippen LogP) is 5.35. The van der Waals surface area contributed by atoms with Gasteiger partial charge in [0.05, 0.1) is 0 Å². The van der Waals surface area contributed by atoms with Crippen molar-refractivity contribution in [2.75, 3.05) is 5.75 Å². The maximum atomic E-state index is 10.6. The summed E-state index contributed by atoms with van der Waals surface area (Å²) < 4.78 is 12.4. The molecule has 0 aromatic heterocycles. The Morgan fingerprint density at radius 1 is 1.08 bits per heavy atom. The zero-order valence-electron chi connectivity index (χ0n) is 14.6. The van der Waals surface area contributed by atoms with Crippen molar-refractivity contribution in [2.45, 2.75) is 49.2 Å². The second kappa shape index (κ2) is 7.23. The minimum atomic E-state index is -0.735. The van der Waals surface area contributed by atoms with E-state index in [1.165, 1.54) is 0 Å². The third kappa shape index (κ3) is 3.54. The lowest BCUT2D eigenvalue weighted by atomic mass is 10.0. The Balaban J connectivity index is 1.47. The maximum absolute atomic E-state index is 10.6. The monoisotopic (exact) mass is 370 g/mol. The van der Waals surface area contributed by atoms with E-state index in [9.17, 15) is 4.79 Å². The van der Waals surface area contributed by atoms with Gasteiger partial charge in [-0.1, -0.05) is 24.3 Å². The van der Waals surface area contributed by atoms with Gasteiger partial charge < -0.3 is 14.6 Å². The largest absolute Gasteiger partial charge is 0.481 e. The van der Waals surface area contributed by atoms with E-state index in [4.69, 9.17) is 14.6 Å². The Kier molecular flexibility index (Phi) is 4.81. The second-order valence-electron chi connectivity index (χ2n) is 6.82. The SMILES string of the molecule is O=C(O)CCCSc1ccc(-c2cccc3c2OC2(CCCC2)O3)cc1. The van der Waals surface area contributed by atoms with E-state index in [0.717, 1.165) is 59.0 Å². The average Bonchev–Trinajstić information content (AvgIpc) is 3.25. The van der Waals surface area contributed by atoms with Gasteiger partial charge in [-0.25, -0.2) is 0 Å². The molecule has 4 nitrogen and oxygen atoms in total. The van der Waals surface area contributed by atoms with E-state index >= 15 is 0 Å². The first-order chi connectivity index (χ1) is 12.7.